The van der Waals surface area contributed by atoms with Gasteiger partial charge in [0.25, 0.3) is 5.56 Å². The van der Waals surface area contributed by atoms with Crippen LogP contribution in [0, 0.1) is 17.6 Å². The second kappa shape index (κ2) is 13.7. The van der Waals surface area contributed by atoms with E-state index in [1.165, 1.54) is 55.3 Å². The maximum Gasteiger partial charge on any atom is 0.267 e. The number of rotatable bonds is 12. The number of hydrogen-bond donors (Lipinski definition) is 1. The Morgan fingerprint density at radius 1 is 0.932 bits per heavy atom. The topological polar surface area (TPSA) is 89.8 Å². The molecule has 2 aliphatic rings. The van der Waals surface area contributed by atoms with Crippen molar-refractivity contribution in [3.8, 4) is 22.6 Å². The van der Waals surface area contributed by atoms with E-state index in [-0.39, 0.29) is 30.3 Å². The Hall–Kier alpha value is -4.11. The number of nitrogens with zero attached hydrogens (tertiary/aromatic N) is 4. The lowest BCUT2D eigenvalue weighted by molar-refractivity contribution is 0.0990. The van der Waals surface area contributed by atoms with Gasteiger partial charge in [0, 0.05) is 29.6 Å². The molecule has 2 aromatic carbocycles. The van der Waals surface area contributed by atoms with Crippen molar-refractivity contribution in [2.45, 2.75) is 70.3 Å². The zero-order valence-corrected chi connectivity index (χ0v) is 24.8. The summed E-state index contributed by atoms with van der Waals surface area (Å²) in [7, 11) is 0. The van der Waals surface area contributed by atoms with E-state index in [2.05, 4.69) is 20.4 Å². The first-order valence-electron chi connectivity index (χ1n) is 15.7. The average Bonchev–Trinajstić information content (AvgIpc) is 3.89. The lowest BCUT2D eigenvalue weighted by atomic mass is 9.86. The van der Waals surface area contributed by atoms with E-state index in [4.69, 9.17) is 0 Å². The van der Waals surface area contributed by atoms with Gasteiger partial charge in [0.15, 0.2) is 23.2 Å². The molecule has 0 atom stereocenters. The summed E-state index contributed by atoms with van der Waals surface area (Å²) in [5.41, 5.74) is 2.86. The second-order valence-corrected chi connectivity index (χ2v) is 12.1. The highest BCUT2D eigenvalue weighted by molar-refractivity contribution is 5.97. The number of nitrogens with one attached hydrogen (secondary N) is 1. The number of carbonyl (C=O) groups is 1. The van der Waals surface area contributed by atoms with Gasteiger partial charge < -0.3 is 5.32 Å². The molecular formula is C35H37F2N5O2. The molecule has 4 aromatic rings. The molecular weight excluding hydrogens is 560 g/mol. The van der Waals surface area contributed by atoms with Crippen LogP contribution in [0.1, 0.15) is 85.2 Å². The standard InChI is InChI=1S/C35H37F2N5O2/c36-30-18-27(17-29(34(30)37)25-11-12-25)31-13-14-33(44)42(41-31)22-24-8-4-10-26(16-24)35-39-19-28(20-40-35)32(43)21-38-15-5-9-23-6-2-1-3-7-23/h4,8,10,13-14,16-20,23,25,38H,1-3,5-7,9,11-12,15,21-22H2. The molecule has 0 saturated heterocycles. The summed E-state index contributed by atoms with van der Waals surface area (Å²) in [6.45, 7) is 1.26. The SMILES string of the molecule is O=C(CNCCCC1CCCCC1)c1cnc(-c2cccc(Cn3nc(-c4cc(F)c(F)c(C5CC5)c4)ccc3=O)c2)nc1. The van der Waals surface area contributed by atoms with Gasteiger partial charge >= 0.3 is 0 Å². The summed E-state index contributed by atoms with van der Waals surface area (Å²) in [6, 6.07) is 13.1. The predicted molar refractivity (Wildman–Crippen MR) is 165 cm³/mol. The molecule has 2 aromatic heterocycles. The molecule has 0 radical (unpaired) electrons. The van der Waals surface area contributed by atoms with Gasteiger partial charge in [0.1, 0.15) is 0 Å². The highest BCUT2D eigenvalue weighted by Gasteiger charge is 2.29. The maximum absolute atomic E-state index is 14.4. The first kappa shape index (κ1) is 29.9. The Morgan fingerprint density at radius 2 is 1.73 bits per heavy atom. The van der Waals surface area contributed by atoms with Crippen LogP contribution in [0.2, 0.25) is 0 Å². The molecule has 2 heterocycles. The highest BCUT2D eigenvalue weighted by atomic mass is 19.2. The largest absolute Gasteiger partial charge is 0.310 e. The fraction of sp³-hybridized carbons (Fsp3) is 0.400. The zero-order valence-electron chi connectivity index (χ0n) is 24.8. The molecule has 2 saturated carbocycles. The minimum Gasteiger partial charge on any atom is -0.310 e. The quantitative estimate of drug-likeness (QED) is 0.144. The van der Waals surface area contributed by atoms with Crippen LogP contribution in [0.5, 0.6) is 0 Å². The summed E-state index contributed by atoms with van der Waals surface area (Å²) in [4.78, 5) is 34.2. The van der Waals surface area contributed by atoms with Gasteiger partial charge in [-0.15, -0.1) is 0 Å². The van der Waals surface area contributed by atoms with E-state index >= 15 is 0 Å². The number of halogens is 2. The van der Waals surface area contributed by atoms with E-state index in [9.17, 15) is 18.4 Å². The van der Waals surface area contributed by atoms with Crippen LogP contribution in [-0.2, 0) is 6.54 Å². The van der Waals surface area contributed by atoms with Gasteiger partial charge in [-0.1, -0.05) is 50.3 Å². The Morgan fingerprint density at radius 3 is 2.50 bits per heavy atom. The molecule has 1 N–H and O–H groups in total. The molecule has 9 heteroatoms. The van der Waals surface area contributed by atoms with Crippen molar-refractivity contribution in [2.75, 3.05) is 13.1 Å². The van der Waals surface area contributed by atoms with E-state index in [0.717, 1.165) is 48.9 Å². The molecule has 0 bridgehead atoms. The van der Waals surface area contributed by atoms with Crippen LogP contribution < -0.4 is 10.9 Å². The summed E-state index contributed by atoms with van der Waals surface area (Å²) >= 11 is 0. The van der Waals surface area contributed by atoms with Crippen molar-refractivity contribution in [2.24, 2.45) is 5.92 Å². The van der Waals surface area contributed by atoms with Crippen LogP contribution >= 0.6 is 0 Å². The van der Waals surface area contributed by atoms with Crippen LogP contribution in [0.15, 0.2) is 65.7 Å². The van der Waals surface area contributed by atoms with Crippen molar-refractivity contribution in [3.05, 3.63) is 99.6 Å². The van der Waals surface area contributed by atoms with E-state index in [1.807, 2.05) is 24.3 Å². The predicted octanol–water partition coefficient (Wildman–Crippen LogP) is 6.70. The van der Waals surface area contributed by atoms with E-state index < -0.39 is 11.6 Å². The van der Waals surface area contributed by atoms with Crippen LogP contribution in [0.4, 0.5) is 8.78 Å². The first-order valence-corrected chi connectivity index (χ1v) is 15.7. The van der Waals surface area contributed by atoms with E-state index in [0.29, 0.717) is 28.2 Å². The Labute approximate surface area is 255 Å². The maximum atomic E-state index is 14.4. The highest BCUT2D eigenvalue weighted by Crippen LogP contribution is 2.43. The molecule has 228 valence electrons. The first-order chi connectivity index (χ1) is 21.4. The van der Waals surface area contributed by atoms with Crippen LogP contribution in [0.3, 0.4) is 0 Å². The van der Waals surface area contributed by atoms with Gasteiger partial charge in [-0.2, -0.15) is 5.10 Å². The molecule has 2 fully saturated rings. The minimum absolute atomic E-state index is 0.0323. The summed E-state index contributed by atoms with van der Waals surface area (Å²) in [6.07, 6.45) is 13.8. The number of ketones is 1. The van der Waals surface area contributed by atoms with Crippen molar-refractivity contribution < 1.29 is 13.6 Å². The van der Waals surface area contributed by atoms with Gasteiger partial charge in [-0.3, -0.25) is 9.59 Å². The molecule has 0 aliphatic heterocycles. The van der Waals surface area contributed by atoms with Gasteiger partial charge in [-0.05, 0) is 79.5 Å². The fourth-order valence-electron chi connectivity index (χ4n) is 6.06. The molecule has 0 unspecified atom stereocenters. The Kier molecular flexibility index (Phi) is 9.31. The third-order valence-corrected chi connectivity index (χ3v) is 8.70. The molecule has 2 aliphatic carbocycles. The second-order valence-electron chi connectivity index (χ2n) is 12.1. The smallest absolute Gasteiger partial charge is 0.267 e. The zero-order chi connectivity index (χ0) is 30.5. The van der Waals surface area contributed by atoms with Crippen molar-refractivity contribution >= 4 is 5.78 Å². The lowest BCUT2D eigenvalue weighted by Crippen LogP contribution is -2.24. The number of hydrogen-bond acceptors (Lipinski definition) is 6. The lowest BCUT2D eigenvalue weighted by Gasteiger charge is -2.21. The summed E-state index contributed by atoms with van der Waals surface area (Å²) in [5, 5.41) is 7.72. The number of carbonyl (C=O) groups excluding carboxylic acids is 1. The van der Waals surface area contributed by atoms with Crippen molar-refractivity contribution in [1.82, 2.24) is 25.1 Å². The molecule has 6 rings (SSSR count). The van der Waals surface area contributed by atoms with Gasteiger partial charge in [0.05, 0.1) is 24.3 Å². The molecule has 0 amide bonds. The van der Waals surface area contributed by atoms with Gasteiger partial charge in [-0.25, -0.2) is 23.4 Å². The minimum atomic E-state index is -0.912. The van der Waals surface area contributed by atoms with Crippen LogP contribution in [-0.4, -0.2) is 38.6 Å². The normalized spacial score (nSPS) is 15.4. The van der Waals surface area contributed by atoms with Gasteiger partial charge in [0.2, 0.25) is 0 Å². The molecule has 7 nitrogen and oxygen atoms in total. The number of aromatic nitrogens is 4. The Balaban J connectivity index is 1.08. The monoisotopic (exact) mass is 597 g/mol. The molecule has 0 spiro atoms. The molecule has 44 heavy (non-hydrogen) atoms. The van der Waals surface area contributed by atoms with Crippen molar-refractivity contribution in [1.29, 1.82) is 0 Å². The van der Waals surface area contributed by atoms with Crippen molar-refractivity contribution in [3.63, 3.8) is 0 Å². The average molecular weight is 598 g/mol. The third-order valence-electron chi connectivity index (χ3n) is 8.70. The fourth-order valence-corrected chi connectivity index (χ4v) is 6.06. The van der Waals surface area contributed by atoms with Crippen LogP contribution in [0.25, 0.3) is 22.6 Å². The number of benzene rings is 2. The summed E-state index contributed by atoms with van der Waals surface area (Å²) in [5.74, 6) is -0.422. The number of Topliss-reactive ketones (excluding diaryl/α,β-unsaturated/α-hetero) is 1. The summed E-state index contributed by atoms with van der Waals surface area (Å²) < 4.78 is 30.0. The van der Waals surface area contributed by atoms with E-state index in [1.54, 1.807) is 18.5 Å². The third kappa shape index (κ3) is 7.33. The Bertz CT molecular complexity index is 1680.